The van der Waals surface area contributed by atoms with E-state index in [0.29, 0.717) is 5.01 Å². The van der Waals surface area contributed by atoms with Crippen LogP contribution in [0.3, 0.4) is 0 Å². The van der Waals surface area contributed by atoms with Crippen LogP contribution < -0.4 is 0 Å². The summed E-state index contributed by atoms with van der Waals surface area (Å²) in [5.41, 5.74) is -0.130. The average molecular weight is 316 g/mol. The van der Waals surface area contributed by atoms with Gasteiger partial charge in [-0.3, -0.25) is 14.6 Å². The Kier molecular flexibility index (Phi) is 5.97. The summed E-state index contributed by atoms with van der Waals surface area (Å²) in [6.07, 6.45) is -3.28. The molecule has 0 saturated carbocycles. The molecule has 22 heavy (non-hydrogen) atoms. The molecule has 0 bridgehead atoms. The van der Waals surface area contributed by atoms with E-state index in [1.807, 2.05) is 0 Å². The van der Waals surface area contributed by atoms with Gasteiger partial charge in [-0.2, -0.15) is 18.3 Å². The number of hydrazone groups is 1. The van der Waals surface area contributed by atoms with Gasteiger partial charge in [0.25, 0.3) is 0 Å². The Balaban J connectivity index is 2.63. The van der Waals surface area contributed by atoms with Crippen LogP contribution in [0.4, 0.5) is 17.6 Å². The van der Waals surface area contributed by atoms with Crippen LogP contribution in [0.2, 0.25) is 0 Å². The summed E-state index contributed by atoms with van der Waals surface area (Å²) in [6.45, 7) is 1.79. The van der Waals surface area contributed by atoms with E-state index < -0.39 is 36.5 Å². The molecule has 1 aromatic carbocycles. The molecule has 0 N–H and O–H groups in total. The Morgan fingerprint density at radius 3 is 2.55 bits per heavy atom. The minimum absolute atomic E-state index is 0.130. The number of Topliss-reactive ketones (excluding diaryl/α,β-unsaturated/α-hetero) is 2. The number of carbonyl (C=O) groups is 2. The third-order valence-corrected chi connectivity index (χ3v) is 2.40. The lowest BCUT2D eigenvalue weighted by atomic mass is 10.1. The van der Waals surface area contributed by atoms with Crippen LogP contribution in [0.15, 0.2) is 42.1 Å². The lowest BCUT2D eigenvalue weighted by Crippen LogP contribution is -2.26. The van der Waals surface area contributed by atoms with Gasteiger partial charge >= 0.3 is 6.18 Å². The molecule has 4 nitrogen and oxygen atoms in total. The highest BCUT2D eigenvalue weighted by molar-refractivity contribution is 6.45. The quantitative estimate of drug-likeness (QED) is 0.255. The minimum Gasteiger partial charge on any atom is -0.290 e. The highest BCUT2D eigenvalue weighted by atomic mass is 19.4. The van der Waals surface area contributed by atoms with Gasteiger partial charge in [-0.05, 0) is 12.1 Å². The van der Waals surface area contributed by atoms with Gasteiger partial charge < -0.3 is 0 Å². The van der Waals surface area contributed by atoms with Crippen molar-refractivity contribution < 1.29 is 27.2 Å². The fraction of sp³-hybridized carbons (Fsp3) is 0.214. The van der Waals surface area contributed by atoms with Gasteiger partial charge in [0.05, 0.1) is 6.42 Å². The maximum atomic E-state index is 12.9. The molecule has 0 fully saturated rings. The normalized spacial score (nSPS) is 11.5. The van der Waals surface area contributed by atoms with E-state index in [9.17, 15) is 27.2 Å². The molecule has 0 unspecified atom stereocenters. The van der Waals surface area contributed by atoms with Gasteiger partial charge in [0, 0.05) is 18.0 Å². The molecule has 0 saturated heterocycles. The molecule has 0 aliphatic carbocycles. The maximum Gasteiger partial charge on any atom is 0.408 e. The van der Waals surface area contributed by atoms with Gasteiger partial charge in [-0.1, -0.05) is 18.7 Å². The average Bonchev–Trinajstić information content (AvgIpc) is 2.43. The van der Waals surface area contributed by atoms with Crippen LogP contribution in [0, 0.1) is 5.82 Å². The van der Waals surface area contributed by atoms with Gasteiger partial charge in [0.2, 0.25) is 11.6 Å². The number of carbonyl (C=O) groups excluding carboxylic acids is 2. The van der Waals surface area contributed by atoms with Crippen molar-refractivity contribution in [1.82, 2.24) is 5.01 Å². The van der Waals surface area contributed by atoms with E-state index in [1.165, 1.54) is 12.1 Å². The minimum atomic E-state index is -4.48. The summed E-state index contributed by atoms with van der Waals surface area (Å²) in [6, 6.07) is 4.55. The zero-order valence-corrected chi connectivity index (χ0v) is 11.3. The molecule has 1 rings (SSSR count). The topological polar surface area (TPSA) is 49.7 Å². The molecule has 0 spiro atoms. The van der Waals surface area contributed by atoms with Crippen LogP contribution in [0.25, 0.3) is 0 Å². The first-order valence-electron chi connectivity index (χ1n) is 6.04. The maximum absolute atomic E-state index is 12.9. The lowest BCUT2D eigenvalue weighted by Gasteiger charge is -2.15. The summed E-state index contributed by atoms with van der Waals surface area (Å²) in [7, 11) is 0. The van der Waals surface area contributed by atoms with Crippen molar-refractivity contribution in [1.29, 1.82) is 0 Å². The number of alkyl halides is 3. The number of hydrogen-bond acceptors (Lipinski definition) is 4. The Morgan fingerprint density at radius 1 is 1.32 bits per heavy atom. The van der Waals surface area contributed by atoms with Crippen molar-refractivity contribution in [3.8, 4) is 0 Å². The van der Waals surface area contributed by atoms with Crippen LogP contribution in [-0.4, -0.2) is 35.5 Å². The summed E-state index contributed by atoms with van der Waals surface area (Å²) in [4.78, 5) is 23.3. The number of ketones is 2. The van der Waals surface area contributed by atoms with E-state index in [2.05, 4.69) is 11.7 Å². The van der Waals surface area contributed by atoms with E-state index in [0.717, 1.165) is 24.5 Å². The predicted molar refractivity (Wildman–Crippen MR) is 71.8 cm³/mol. The van der Waals surface area contributed by atoms with Crippen molar-refractivity contribution in [2.45, 2.75) is 12.6 Å². The molecule has 0 aliphatic heterocycles. The smallest absolute Gasteiger partial charge is 0.290 e. The number of benzene rings is 1. The van der Waals surface area contributed by atoms with E-state index in [-0.39, 0.29) is 5.56 Å². The second-order valence-electron chi connectivity index (χ2n) is 4.16. The van der Waals surface area contributed by atoms with Gasteiger partial charge in [-0.15, -0.1) is 0 Å². The summed E-state index contributed by atoms with van der Waals surface area (Å²) in [5, 5.41) is 3.87. The zero-order chi connectivity index (χ0) is 16.8. The monoisotopic (exact) mass is 316 g/mol. The van der Waals surface area contributed by atoms with Crippen molar-refractivity contribution >= 4 is 17.8 Å². The summed E-state index contributed by atoms with van der Waals surface area (Å²) in [5.74, 6) is -2.52. The zero-order valence-electron chi connectivity index (χ0n) is 11.3. The SMILES string of the molecule is C=CN(CC(F)(F)F)/N=C\CC(=O)C(=O)c1cccc(F)c1. The molecule has 0 atom stereocenters. The van der Waals surface area contributed by atoms with E-state index in [4.69, 9.17) is 0 Å². The molecular formula is C14H12F4N2O2. The number of rotatable bonds is 7. The van der Waals surface area contributed by atoms with Crippen molar-refractivity contribution in [2.24, 2.45) is 5.10 Å². The summed E-state index contributed by atoms with van der Waals surface area (Å²) >= 11 is 0. The fourth-order valence-electron chi connectivity index (χ4n) is 1.45. The third kappa shape index (κ3) is 5.86. The molecule has 1 aromatic rings. The van der Waals surface area contributed by atoms with Crippen molar-refractivity contribution in [3.63, 3.8) is 0 Å². The first-order chi connectivity index (χ1) is 10.2. The first kappa shape index (κ1) is 17.5. The Bertz CT molecular complexity index is 597. The predicted octanol–water partition coefficient (Wildman–Crippen LogP) is 2.96. The first-order valence-corrected chi connectivity index (χ1v) is 6.04. The van der Waals surface area contributed by atoms with Gasteiger partial charge in [-0.25, -0.2) is 4.39 Å². The lowest BCUT2D eigenvalue weighted by molar-refractivity contribution is -0.140. The Labute approximate surface area is 123 Å². The van der Waals surface area contributed by atoms with E-state index in [1.54, 1.807) is 0 Å². The molecule has 0 heterocycles. The van der Waals surface area contributed by atoms with Crippen LogP contribution in [0.5, 0.6) is 0 Å². The third-order valence-electron chi connectivity index (χ3n) is 2.40. The molecule has 8 heteroatoms. The molecule has 0 radical (unpaired) electrons. The van der Waals surface area contributed by atoms with Crippen molar-refractivity contribution in [3.05, 3.63) is 48.4 Å². The second kappa shape index (κ2) is 7.48. The van der Waals surface area contributed by atoms with Crippen LogP contribution >= 0.6 is 0 Å². The van der Waals surface area contributed by atoms with Crippen molar-refractivity contribution in [2.75, 3.05) is 6.54 Å². The fourth-order valence-corrected chi connectivity index (χ4v) is 1.45. The molecule has 0 amide bonds. The highest BCUT2D eigenvalue weighted by Crippen LogP contribution is 2.16. The highest BCUT2D eigenvalue weighted by Gasteiger charge is 2.29. The number of halogens is 4. The Hall–Kier alpha value is -2.51. The van der Waals surface area contributed by atoms with Gasteiger partial charge in [0.15, 0.2) is 0 Å². The number of nitrogens with zero attached hydrogens (tertiary/aromatic N) is 2. The molecule has 0 aliphatic rings. The standard InChI is InChI=1S/C14H12F4N2O2/c1-2-20(9-14(16,17)18)19-7-6-12(21)13(22)10-4-3-5-11(15)8-10/h2-5,7-8H,1,6,9H2/b19-7-. The van der Waals surface area contributed by atoms with E-state index >= 15 is 0 Å². The Morgan fingerprint density at radius 2 is 2.00 bits per heavy atom. The molecular weight excluding hydrogens is 304 g/mol. The molecule has 0 aromatic heterocycles. The molecule has 118 valence electrons. The number of hydrogen-bond donors (Lipinski definition) is 0. The van der Waals surface area contributed by atoms with Gasteiger partial charge in [0.1, 0.15) is 12.4 Å². The largest absolute Gasteiger partial charge is 0.408 e. The van der Waals surface area contributed by atoms with Crippen LogP contribution in [-0.2, 0) is 4.79 Å². The van der Waals surface area contributed by atoms with Crippen LogP contribution in [0.1, 0.15) is 16.8 Å². The summed E-state index contributed by atoms with van der Waals surface area (Å²) < 4.78 is 49.4. The second-order valence-corrected chi connectivity index (χ2v) is 4.16.